The third-order valence-corrected chi connectivity index (χ3v) is 0.655. The van der Waals surface area contributed by atoms with Crippen molar-refractivity contribution < 1.29 is 0 Å². The summed E-state index contributed by atoms with van der Waals surface area (Å²) in [5.74, 6) is 0.705. The highest BCUT2D eigenvalue weighted by Gasteiger charge is 1.82. The van der Waals surface area contributed by atoms with E-state index in [9.17, 15) is 0 Å². The largest absolute Gasteiger partial charge is 0.126 e. The van der Waals surface area contributed by atoms with Crippen LogP contribution in [0.2, 0.25) is 0 Å². The van der Waals surface area contributed by atoms with Crippen molar-refractivity contribution in [2.75, 3.05) is 5.88 Å². The Morgan fingerprint density at radius 1 is 1.60 bits per heavy atom. The number of alkyl halides is 1. The Balaban J connectivity index is 2.54. The summed E-state index contributed by atoms with van der Waals surface area (Å²) >= 11 is 5.21. The van der Waals surface area contributed by atoms with Crippen LogP contribution < -0.4 is 0 Å². The predicted octanol–water partition coefficient (Wildman–Crippen LogP) is 1.51. The van der Waals surface area contributed by atoms with E-state index in [1.807, 2.05) is 0 Å². The van der Waals surface area contributed by atoms with Crippen molar-refractivity contribution in [3.63, 3.8) is 0 Å². The van der Waals surface area contributed by atoms with Gasteiger partial charge in [0.1, 0.15) is 0 Å². The van der Waals surface area contributed by atoms with Crippen LogP contribution in [0.15, 0.2) is 0 Å². The fraction of sp³-hybridized carbons (Fsp3) is 0.500. The highest BCUT2D eigenvalue weighted by Crippen LogP contribution is 1.90. The average Bonchev–Trinajstić information content (AvgIpc) is 1.38. The summed E-state index contributed by atoms with van der Waals surface area (Å²) in [4.78, 5) is 0. The van der Waals surface area contributed by atoms with Crippen molar-refractivity contribution in [3.8, 4) is 0 Å². The van der Waals surface area contributed by atoms with Gasteiger partial charge in [0.15, 0.2) is 0 Å². The maximum Gasteiger partial charge on any atom is 0.0251 e. The molecule has 0 aromatic heterocycles. The molecule has 0 N–H and O–H groups in total. The molecule has 0 amide bonds. The number of hydrogen-bond donors (Lipinski definition) is 0. The van der Waals surface area contributed by atoms with Crippen molar-refractivity contribution in [2.45, 2.75) is 0 Å². The molecule has 0 nitrogen and oxygen atoms in total. The molecule has 0 aromatic rings. The Morgan fingerprint density at radius 3 is 1.80 bits per heavy atom. The summed E-state index contributed by atoms with van der Waals surface area (Å²) in [7, 11) is 0. The molecule has 0 aliphatic carbocycles. The third-order valence-electron chi connectivity index (χ3n) is 0.218. The van der Waals surface area contributed by atoms with Gasteiger partial charge >= 0.3 is 0 Å². The first-order valence-corrected chi connectivity index (χ1v) is 2.03. The quantitative estimate of drug-likeness (QED) is 0.428. The zero-order valence-corrected chi connectivity index (χ0v) is 3.83. The van der Waals surface area contributed by atoms with Crippen molar-refractivity contribution in [1.29, 1.82) is 0 Å². The van der Waals surface area contributed by atoms with Crippen LogP contribution in [0.3, 0.4) is 0 Å². The summed E-state index contributed by atoms with van der Waals surface area (Å²) in [6.45, 7) is 7.03. The molecule has 0 fully saturated rings. The topological polar surface area (TPSA) is 0 Å². The van der Waals surface area contributed by atoms with Gasteiger partial charge in [0.2, 0.25) is 0 Å². The minimum absolute atomic E-state index is 0.150. The summed E-state index contributed by atoms with van der Waals surface area (Å²) < 4.78 is 0. The van der Waals surface area contributed by atoms with E-state index in [2.05, 4.69) is 13.8 Å². The zero-order chi connectivity index (χ0) is 4.28. The smallest absolute Gasteiger partial charge is 0.0251 e. The molecular weight excluding hydrogens is 83.5 g/mol. The molecule has 0 saturated heterocycles. The van der Waals surface area contributed by atoms with Crippen LogP contribution in [0, 0.1) is 19.8 Å². The van der Waals surface area contributed by atoms with Crippen molar-refractivity contribution >= 4 is 11.6 Å². The molecular formula is C4H7Cl. The van der Waals surface area contributed by atoms with Crippen molar-refractivity contribution in [1.82, 2.24) is 0 Å². The fourth-order valence-corrected chi connectivity index (χ4v) is 0. The second-order valence-electron chi connectivity index (χ2n) is 1.02. The molecule has 5 heavy (non-hydrogen) atoms. The molecule has 2 radical (unpaired) electrons. The van der Waals surface area contributed by atoms with Gasteiger partial charge in [-0.2, -0.15) is 0 Å². The van der Waals surface area contributed by atoms with E-state index >= 15 is 0 Å². The second-order valence-corrected chi connectivity index (χ2v) is 1.33. The van der Waals surface area contributed by atoms with E-state index in [1.54, 1.807) is 0 Å². The van der Waals surface area contributed by atoms with Gasteiger partial charge in [-0.15, -0.1) is 11.6 Å². The van der Waals surface area contributed by atoms with Gasteiger partial charge in [0, 0.05) is 5.88 Å². The third kappa shape index (κ3) is 4.29. The molecule has 0 aliphatic heterocycles. The van der Waals surface area contributed by atoms with Crippen LogP contribution in [0.4, 0.5) is 0 Å². The van der Waals surface area contributed by atoms with E-state index in [0.717, 1.165) is 0 Å². The minimum Gasteiger partial charge on any atom is -0.126 e. The normalized spacial score (nSPS) is 9.60. The Hall–Kier alpha value is 0.290. The minimum atomic E-state index is 0.150. The van der Waals surface area contributed by atoms with Crippen LogP contribution >= 0.6 is 11.6 Å². The molecule has 30 valence electrons. The zero-order valence-electron chi connectivity index (χ0n) is 3.08. The van der Waals surface area contributed by atoms with E-state index in [1.165, 1.54) is 0 Å². The molecule has 0 saturated carbocycles. The van der Waals surface area contributed by atoms with Crippen LogP contribution in [0.25, 0.3) is 0 Å². The Labute approximate surface area is 38.1 Å². The number of halogens is 1. The van der Waals surface area contributed by atoms with Crippen LogP contribution in [0.5, 0.6) is 0 Å². The van der Waals surface area contributed by atoms with Crippen LogP contribution in [0.1, 0.15) is 0 Å². The summed E-state index contributed by atoms with van der Waals surface area (Å²) in [6, 6.07) is 0. The van der Waals surface area contributed by atoms with E-state index in [0.29, 0.717) is 5.88 Å². The molecule has 0 aromatic carbocycles. The van der Waals surface area contributed by atoms with Gasteiger partial charge in [0.05, 0.1) is 0 Å². The first-order chi connectivity index (χ1) is 2.27. The summed E-state index contributed by atoms with van der Waals surface area (Å²) in [6.07, 6.45) is 0. The van der Waals surface area contributed by atoms with E-state index < -0.39 is 0 Å². The van der Waals surface area contributed by atoms with Crippen LogP contribution in [-0.2, 0) is 0 Å². The van der Waals surface area contributed by atoms with Gasteiger partial charge in [-0.25, -0.2) is 0 Å². The molecule has 0 spiro atoms. The van der Waals surface area contributed by atoms with Gasteiger partial charge in [-0.3, -0.25) is 0 Å². The first kappa shape index (κ1) is 5.29. The lowest BCUT2D eigenvalue weighted by Crippen LogP contribution is -1.84. The lowest BCUT2D eigenvalue weighted by molar-refractivity contribution is 0.943. The van der Waals surface area contributed by atoms with E-state index in [4.69, 9.17) is 11.6 Å². The standard InChI is InChI=1S/C4H7Cl/c1-4(2)3-5/h4H,1-3H2. The number of hydrogen-bond acceptors (Lipinski definition) is 0. The van der Waals surface area contributed by atoms with Crippen LogP contribution in [-0.4, -0.2) is 5.88 Å². The van der Waals surface area contributed by atoms with Crippen molar-refractivity contribution in [2.24, 2.45) is 5.92 Å². The van der Waals surface area contributed by atoms with Gasteiger partial charge < -0.3 is 0 Å². The maximum atomic E-state index is 5.21. The molecule has 0 aliphatic rings. The van der Waals surface area contributed by atoms with Gasteiger partial charge in [-0.1, -0.05) is 0 Å². The Morgan fingerprint density at radius 2 is 1.80 bits per heavy atom. The molecule has 0 bridgehead atoms. The SMILES string of the molecule is [CH2]C([CH2])CCl. The predicted molar refractivity (Wildman–Crippen MR) is 24.9 cm³/mol. The number of rotatable bonds is 1. The average molecular weight is 90.6 g/mol. The van der Waals surface area contributed by atoms with Gasteiger partial charge in [-0.05, 0) is 19.8 Å². The molecule has 0 unspecified atom stereocenters. The highest BCUT2D eigenvalue weighted by atomic mass is 35.5. The molecule has 0 rings (SSSR count). The summed E-state index contributed by atoms with van der Waals surface area (Å²) in [5.41, 5.74) is 0. The first-order valence-electron chi connectivity index (χ1n) is 1.49. The Kier molecular flexibility index (Phi) is 2.67. The monoisotopic (exact) mass is 90.0 g/mol. The highest BCUT2D eigenvalue weighted by molar-refractivity contribution is 6.18. The maximum absolute atomic E-state index is 5.21. The lowest BCUT2D eigenvalue weighted by Gasteiger charge is -1.87. The molecule has 0 atom stereocenters. The van der Waals surface area contributed by atoms with E-state index in [-0.39, 0.29) is 5.92 Å². The Bertz CT molecular complexity index is 17.6. The second kappa shape index (κ2) is 2.52. The van der Waals surface area contributed by atoms with Crippen molar-refractivity contribution in [3.05, 3.63) is 13.8 Å². The van der Waals surface area contributed by atoms with Gasteiger partial charge in [0.25, 0.3) is 0 Å². The molecule has 1 heteroatoms. The lowest BCUT2D eigenvalue weighted by atomic mass is 10.3. The fourth-order valence-electron chi connectivity index (χ4n) is 0. The summed E-state index contributed by atoms with van der Waals surface area (Å²) in [5, 5.41) is 0. The molecule has 0 heterocycles.